The van der Waals surface area contributed by atoms with E-state index in [-0.39, 0.29) is 12.2 Å². The van der Waals surface area contributed by atoms with E-state index in [1.165, 1.54) is 0 Å². The van der Waals surface area contributed by atoms with Crippen LogP contribution >= 0.6 is 0 Å². The number of hydrogen-bond donors (Lipinski definition) is 0. The third-order valence-electron chi connectivity index (χ3n) is 1.26. The Labute approximate surface area is 57.2 Å². The van der Waals surface area contributed by atoms with E-state index in [9.17, 15) is 0 Å². The van der Waals surface area contributed by atoms with Crippen molar-refractivity contribution < 1.29 is 9.47 Å². The Morgan fingerprint density at radius 2 is 2.11 bits per heavy atom. The highest BCUT2D eigenvalue weighted by Crippen LogP contribution is 1.99. The second-order valence-electron chi connectivity index (χ2n) is 1.93. The molecule has 2 atom stereocenters. The average Bonchev–Trinajstić information content (AvgIpc) is 1.87. The van der Waals surface area contributed by atoms with Gasteiger partial charge >= 0.3 is 0 Å². The van der Waals surface area contributed by atoms with Crippen molar-refractivity contribution in [3.63, 3.8) is 0 Å². The van der Waals surface area contributed by atoms with Gasteiger partial charge in [0.25, 0.3) is 0 Å². The second-order valence-corrected chi connectivity index (χ2v) is 1.93. The van der Waals surface area contributed by atoms with Crippen LogP contribution in [0.2, 0.25) is 0 Å². The predicted octanol–water partition coefficient (Wildman–Crippen LogP) is 1.26. The summed E-state index contributed by atoms with van der Waals surface area (Å²) >= 11 is 0. The molecule has 0 saturated heterocycles. The van der Waals surface area contributed by atoms with Gasteiger partial charge in [-0.2, -0.15) is 0 Å². The van der Waals surface area contributed by atoms with E-state index >= 15 is 0 Å². The van der Waals surface area contributed by atoms with Crippen LogP contribution in [0.1, 0.15) is 13.8 Å². The lowest BCUT2D eigenvalue weighted by molar-refractivity contribution is -0.0216. The van der Waals surface area contributed by atoms with E-state index in [4.69, 9.17) is 9.47 Å². The maximum atomic E-state index is 5.21. The van der Waals surface area contributed by atoms with Gasteiger partial charge in [-0.05, 0) is 20.8 Å². The molecule has 0 spiro atoms. The van der Waals surface area contributed by atoms with Crippen molar-refractivity contribution in [1.29, 1.82) is 0 Å². The quantitative estimate of drug-likeness (QED) is 0.572. The maximum Gasteiger partial charge on any atom is 0.0831 e. The van der Waals surface area contributed by atoms with Crippen LogP contribution < -0.4 is 0 Å². The van der Waals surface area contributed by atoms with Crippen LogP contribution in [0, 0.1) is 6.92 Å². The van der Waals surface area contributed by atoms with Crippen molar-refractivity contribution in [3.05, 3.63) is 6.92 Å². The van der Waals surface area contributed by atoms with Crippen LogP contribution in [0.4, 0.5) is 0 Å². The van der Waals surface area contributed by atoms with Gasteiger partial charge in [0, 0.05) is 13.7 Å². The van der Waals surface area contributed by atoms with Gasteiger partial charge in [0.2, 0.25) is 0 Å². The lowest BCUT2D eigenvalue weighted by Gasteiger charge is -2.17. The minimum absolute atomic E-state index is 0.0510. The van der Waals surface area contributed by atoms with Crippen LogP contribution in [0.25, 0.3) is 0 Å². The minimum atomic E-state index is -0.0510. The summed E-state index contributed by atoms with van der Waals surface area (Å²) in [5, 5.41) is 0. The molecule has 0 amide bonds. The molecular formula is C7H15O2. The van der Waals surface area contributed by atoms with Crippen molar-refractivity contribution in [2.24, 2.45) is 0 Å². The van der Waals surface area contributed by atoms with E-state index in [1.54, 1.807) is 7.11 Å². The molecule has 0 aliphatic rings. The number of methoxy groups -OCH3 is 1. The molecule has 2 nitrogen and oxygen atoms in total. The first-order valence-corrected chi connectivity index (χ1v) is 3.19. The van der Waals surface area contributed by atoms with Gasteiger partial charge in [-0.15, -0.1) is 0 Å². The molecule has 0 heterocycles. The van der Waals surface area contributed by atoms with Gasteiger partial charge in [-0.25, -0.2) is 0 Å². The van der Waals surface area contributed by atoms with E-state index in [1.807, 2.05) is 13.8 Å². The van der Waals surface area contributed by atoms with Crippen molar-refractivity contribution >= 4 is 0 Å². The molecule has 0 aromatic carbocycles. The lowest BCUT2D eigenvalue weighted by atomic mass is 10.2. The van der Waals surface area contributed by atoms with Crippen LogP contribution in [0.15, 0.2) is 0 Å². The predicted molar refractivity (Wildman–Crippen MR) is 37.2 cm³/mol. The maximum absolute atomic E-state index is 5.21. The van der Waals surface area contributed by atoms with E-state index in [2.05, 4.69) is 6.92 Å². The molecule has 0 aliphatic carbocycles. The zero-order valence-electron chi connectivity index (χ0n) is 6.39. The molecule has 0 aromatic heterocycles. The van der Waals surface area contributed by atoms with Crippen LogP contribution in [0.5, 0.6) is 0 Å². The molecule has 0 saturated carbocycles. The molecule has 1 radical (unpaired) electrons. The summed E-state index contributed by atoms with van der Waals surface area (Å²) in [6.45, 7) is 8.35. The fourth-order valence-corrected chi connectivity index (χ4v) is 0.562. The Kier molecular flexibility index (Phi) is 4.72. The highest BCUT2D eigenvalue weighted by atomic mass is 16.5. The summed E-state index contributed by atoms with van der Waals surface area (Å²) in [5.41, 5.74) is 0. The Bertz CT molecular complexity index is 63.9. The molecule has 0 N–H and O–H groups in total. The standard InChI is InChI=1S/C7H15O2/c1-5-9-7(3)6(2)8-4/h6-7H,2,5H2,1,3-4H3. The Hall–Kier alpha value is -0.0800. The summed E-state index contributed by atoms with van der Waals surface area (Å²) in [4.78, 5) is 0. The van der Waals surface area contributed by atoms with Gasteiger partial charge in [0.1, 0.15) is 0 Å². The zero-order chi connectivity index (χ0) is 7.28. The van der Waals surface area contributed by atoms with Gasteiger partial charge in [-0.1, -0.05) is 0 Å². The van der Waals surface area contributed by atoms with Crippen molar-refractivity contribution in [1.82, 2.24) is 0 Å². The third-order valence-corrected chi connectivity index (χ3v) is 1.26. The fourth-order valence-electron chi connectivity index (χ4n) is 0.562. The Balaban J connectivity index is 3.32. The molecule has 0 aliphatic heterocycles. The summed E-state index contributed by atoms with van der Waals surface area (Å²) in [5.74, 6) is 0. The van der Waals surface area contributed by atoms with Crippen LogP contribution in [0.3, 0.4) is 0 Å². The van der Waals surface area contributed by atoms with Gasteiger partial charge < -0.3 is 9.47 Å². The van der Waals surface area contributed by atoms with E-state index in [0.717, 1.165) is 6.61 Å². The molecule has 55 valence electrons. The van der Waals surface area contributed by atoms with Crippen molar-refractivity contribution in [2.75, 3.05) is 13.7 Å². The van der Waals surface area contributed by atoms with Gasteiger partial charge in [-0.3, -0.25) is 0 Å². The summed E-state index contributed by atoms with van der Waals surface area (Å²) in [7, 11) is 1.63. The molecule has 2 unspecified atom stereocenters. The largest absolute Gasteiger partial charge is 0.379 e. The summed E-state index contributed by atoms with van der Waals surface area (Å²) in [6.07, 6.45) is 0.0462. The molecule has 0 aromatic rings. The number of ether oxygens (including phenoxy) is 2. The highest BCUT2D eigenvalue weighted by molar-refractivity contribution is 4.66. The highest BCUT2D eigenvalue weighted by Gasteiger charge is 2.09. The zero-order valence-corrected chi connectivity index (χ0v) is 6.39. The molecular weight excluding hydrogens is 116 g/mol. The SMILES string of the molecule is [CH2]C(OC)C(C)OCC. The lowest BCUT2D eigenvalue weighted by Crippen LogP contribution is -2.24. The van der Waals surface area contributed by atoms with E-state index < -0.39 is 0 Å². The van der Waals surface area contributed by atoms with Crippen LogP contribution in [-0.2, 0) is 9.47 Å². The average molecular weight is 131 g/mol. The molecule has 0 rings (SSSR count). The Morgan fingerprint density at radius 3 is 2.44 bits per heavy atom. The first-order valence-electron chi connectivity index (χ1n) is 3.19. The summed E-state index contributed by atoms with van der Waals surface area (Å²) < 4.78 is 10.1. The topological polar surface area (TPSA) is 18.5 Å². The summed E-state index contributed by atoms with van der Waals surface area (Å²) in [6, 6.07) is 0. The molecule has 0 fully saturated rings. The number of hydrogen-bond acceptors (Lipinski definition) is 2. The van der Waals surface area contributed by atoms with Gasteiger partial charge in [0.05, 0.1) is 12.2 Å². The molecule has 9 heavy (non-hydrogen) atoms. The number of rotatable bonds is 4. The smallest absolute Gasteiger partial charge is 0.0831 e. The fraction of sp³-hybridized carbons (Fsp3) is 0.857. The first kappa shape index (κ1) is 8.92. The molecule has 0 bridgehead atoms. The second kappa shape index (κ2) is 4.77. The van der Waals surface area contributed by atoms with Gasteiger partial charge in [0.15, 0.2) is 0 Å². The van der Waals surface area contributed by atoms with Crippen molar-refractivity contribution in [2.45, 2.75) is 26.1 Å². The third kappa shape index (κ3) is 3.49. The van der Waals surface area contributed by atoms with Crippen molar-refractivity contribution in [3.8, 4) is 0 Å². The van der Waals surface area contributed by atoms with Crippen LogP contribution in [-0.4, -0.2) is 25.9 Å². The monoisotopic (exact) mass is 131 g/mol. The van der Waals surface area contributed by atoms with E-state index in [0.29, 0.717) is 0 Å². The minimum Gasteiger partial charge on any atom is -0.379 e. The first-order chi connectivity index (χ1) is 4.22. The molecule has 2 heteroatoms. The Morgan fingerprint density at radius 1 is 1.56 bits per heavy atom. The normalized spacial score (nSPS) is 17.3.